The van der Waals surface area contributed by atoms with Crippen molar-refractivity contribution in [2.75, 3.05) is 24.2 Å². The molecular weight excluding hydrogens is 312 g/mol. The average molecular weight is 339 g/mol. The van der Waals surface area contributed by atoms with Gasteiger partial charge in [0.15, 0.2) is 0 Å². The van der Waals surface area contributed by atoms with Crippen molar-refractivity contribution in [2.45, 2.75) is 27.7 Å². The number of amides is 1. The molecule has 22 heavy (non-hydrogen) atoms. The molecule has 1 amide bonds. The second-order valence-corrected chi connectivity index (χ2v) is 7.77. The molecule has 0 unspecified atom stereocenters. The Balaban J connectivity index is 2.46. The van der Waals surface area contributed by atoms with Gasteiger partial charge in [-0.1, -0.05) is 69.9 Å². The molecule has 0 aliphatic carbocycles. The summed E-state index contributed by atoms with van der Waals surface area (Å²) >= 11 is 6.95. The van der Waals surface area contributed by atoms with Crippen LogP contribution in [0.15, 0.2) is 30.3 Å². The number of anilines is 1. The second-order valence-electron chi connectivity index (χ2n) is 6.16. The van der Waals surface area contributed by atoms with E-state index in [1.807, 2.05) is 30.3 Å². The largest absolute Gasteiger partial charge is 0.357 e. The zero-order chi connectivity index (χ0) is 16.5. The van der Waals surface area contributed by atoms with Crippen LogP contribution in [0.5, 0.6) is 0 Å². The third-order valence-corrected chi connectivity index (χ3v) is 4.34. The van der Waals surface area contributed by atoms with Crippen molar-refractivity contribution < 1.29 is 4.79 Å². The van der Waals surface area contributed by atoms with E-state index in [1.165, 1.54) is 11.8 Å². The molecule has 1 aromatic rings. The highest BCUT2D eigenvalue weighted by atomic mass is 32.2. The minimum atomic E-state index is -0.0207. The number of nitrogens with zero attached hydrogens (tertiary/aromatic N) is 1. The van der Waals surface area contributed by atoms with Gasteiger partial charge in [-0.05, 0) is 24.0 Å². The predicted octanol–water partition coefficient (Wildman–Crippen LogP) is 4.26. The highest BCUT2D eigenvalue weighted by Gasteiger charge is 2.15. The molecule has 1 N–H and O–H groups in total. The lowest BCUT2D eigenvalue weighted by Gasteiger charge is -2.28. The number of nitrogens with one attached hydrogen (secondary N) is 1. The fraction of sp³-hybridized carbons (Fsp3) is 0.529. The Morgan fingerprint density at radius 3 is 2.18 bits per heavy atom. The van der Waals surface area contributed by atoms with Crippen molar-refractivity contribution in [3.63, 3.8) is 0 Å². The topological polar surface area (TPSA) is 32.3 Å². The van der Waals surface area contributed by atoms with Crippen LogP contribution in [0.1, 0.15) is 27.7 Å². The lowest BCUT2D eigenvalue weighted by molar-refractivity contribution is -0.113. The molecule has 0 fully saturated rings. The van der Waals surface area contributed by atoms with Crippen LogP contribution >= 0.6 is 24.0 Å². The van der Waals surface area contributed by atoms with Crippen LogP contribution in [0.4, 0.5) is 5.69 Å². The second kappa shape index (κ2) is 9.85. The Bertz CT molecular complexity index is 465. The summed E-state index contributed by atoms with van der Waals surface area (Å²) in [5, 5.41) is 2.88. The summed E-state index contributed by atoms with van der Waals surface area (Å²) in [6.07, 6.45) is 0. The molecule has 1 aromatic carbocycles. The molecule has 0 aromatic heterocycles. The Morgan fingerprint density at radius 2 is 1.68 bits per heavy atom. The minimum Gasteiger partial charge on any atom is -0.357 e. The summed E-state index contributed by atoms with van der Waals surface area (Å²) in [6, 6.07) is 9.49. The summed E-state index contributed by atoms with van der Waals surface area (Å²) in [5.41, 5.74) is 0.820. The van der Waals surface area contributed by atoms with Gasteiger partial charge >= 0.3 is 0 Å². The van der Waals surface area contributed by atoms with E-state index in [9.17, 15) is 4.79 Å². The van der Waals surface area contributed by atoms with Crippen LogP contribution in [0, 0.1) is 11.8 Å². The van der Waals surface area contributed by atoms with E-state index in [0.717, 1.165) is 23.1 Å². The van der Waals surface area contributed by atoms with Crippen LogP contribution in [-0.4, -0.2) is 34.0 Å². The Morgan fingerprint density at radius 1 is 1.14 bits per heavy atom. The molecule has 0 spiro atoms. The van der Waals surface area contributed by atoms with Crippen LogP contribution in [0.25, 0.3) is 0 Å². The first kappa shape index (κ1) is 19.0. The maximum atomic E-state index is 12.0. The standard InChI is InChI=1S/C17H26N2OS2/c1-13(2)10-19(11-14(3)4)17(21)22-12-16(20)18-15-8-6-5-7-9-15/h5-9,13-14H,10-12H2,1-4H3,(H,18,20). The molecule has 0 saturated carbocycles. The molecule has 0 heterocycles. The lowest BCUT2D eigenvalue weighted by Crippen LogP contribution is -2.35. The maximum absolute atomic E-state index is 12.0. The highest BCUT2D eigenvalue weighted by Crippen LogP contribution is 2.15. The molecule has 122 valence electrons. The van der Waals surface area contributed by atoms with E-state index in [4.69, 9.17) is 12.2 Å². The van der Waals surface area contributed by atoms with Crippen molar-refractivity contribution in [2.24, 2.45) is 11.8 Å². The molecule has 0 aliphatic heterocycles. The van der Waals surface area contributed by atoms with Gasteiger partial charge in [-0.3, -0.25) is 4.79 Å². The summed E-state index contributed by atoms with van der Waals surface area (Å²) in [6.45, 7) is 10.6. The first-order valence-electron chi connectivity index (χ1n) is 7.65. The van der Waals surface area contributed by atoms with Gasteiger partial charge in [0.25, 0.3) is 0 Å². The van der Waals surface area contributed by atoms with E-state index < -0.39 is 0 Å². The van der Waals surface area contributed by atoms with Gasteiger partial charge in [-0.25, -0.2) is 0 Å². The van der Waals surface area contributed by atoms with Gasteiger partial charge in [-0.15, -0.1) is 0 Å². The zero-order valence-electron chi connectivity index (χ0n) is 13.8. The Kier molecular flexibility index (Phi) is 8.49. The minimum absolute atomic E-state index is 0.0207. The fourth-order valence-electron chi connectivity index (χ4n) is 2.04. The number of hydrogen-bond donors (Lipinski definition) is 1. The van der Waals surface area contributed by atoms with Crippen molar-refractivity contribution in [3.8, 4) is 0 Å². The molecule has 0 atom stereocenters. The molecule has 0 radical (unpaired) electrons. The lowest BCUT2D eigenvalue weighted by atomic mass is 10.1. The third kappa shape index (κ3) is 7.80. The molecular formula is C17H26N2OS2. The van der Waals surface area contributed by atoms with E-state index in [-0.39, 0.29) is 5.91 Å². The number of thiocarbonyl (C=S) groups is 1. The third-order valence-electron chi connectivity index (χ3n) is 2.81. The molecule has 5 heteroatoms. The normalized spacial score (nSPS) is 10.8. The van der Waals surface area contributed by atoms with Crippen LogP contribution in [0.3, 0.4) is 0 Å². The van der Waals surface area contributed by atoms with E-state index >= 15 is 0 Å². The van der Waals surface area contributed by atoms with Crippen LogP contribution in [-0.2, 0) is 4.79 Å². The fourth-order valence-corrected chi connectivity index (χ4v) is 3.03. The average Bonchev–Trinajstić information content (AvgIpc) is 2.44. The number of thioether (sulfide) groups is 1. The highest BCUT2D eigenvalue weighted by molar-refractivity contribution is 8.23. The molecule has 3 nitrogen and oxygen atoms in total. The van der Waals surface area contributed by atoms with Crippen molar-refractivity contribution in [1.29, 1.82) is 0 Å². The van der Waals surface area contributed by atoms with Crippen molar-refractivity contribution in [3.05, 3.63) is 30.3 Å². The number of carbonyl (C=O) groups excluding carboxylic acids is 1. The van der Waals surface area contributed by atoms with Gasteiger partial charge in [0, 0.05) is 18.8 Å². The van der Waals surface area contributed by atoms with Crippen molar-refractivity contribution in [1.82, 2.24) is 4.90 Å². The summed E-state index contributed by atoms with van der Waals surface area (Å²) in [4.78, 5) is 14.2. The van der Waals surface area contributed by atoms with Crippen LogP contribution in [0.2, 0.25) is 0 Å². The molecule has 0 bridgehead atoms. The van der Waals surface area contributed by atoms with Gasteiger partial charge in [0.2, 0.25) is 5.91 Å². The summed E-state index contributed by atoms with van der Waals surface area (Å²) < 4.78 is 0.811. The predicted molar refractivity (Wildman–Crippen MR) is 101 cm³/mol. The van der Waals surface area contributed by atoms with Gasteiger partial charge in [0.1, 0.15) is 4.32 Å². The number of carbonyl (C=O) groups is 1. The number of rotatable bonds is 7. The smallest absolute Gasteiger partial charge is 0.234 e. The quantitative estimate of drug-likeness (QED) is 0.753. The number of benzene rings is 1. The van der Waals surface area contributed by atoms with Crippen LogP contribution < -0.4 is 5.32 Å². The first-order valence-corrected chi connectivity index (χ1v) is 9.04. The van der Waals surface area contributed by atoms with E-state index in [2.05, 4.69) is 37.9 Å². The van der Waals surface area contributed by atoms with Crippen molar-refractivity contribution >= 4 is 39.9 Å². The summed E-state index contributed by atoms with van der Waals surface area (Å²) in [7, 11) is 0. The number of para-hydroxylation sites is 1. The van der Waals surface area contributed by atoms with Gasteiger partial charge in [-0.2, -0.15) is 0 Å². The first-order chi connectivity index (χ1) is 10.4. The summed E-state index contributed by atoms with van der Waals surface area (Å²) in [5.74, 6) is 1.43. The Hall–Kier alpha value is -1.07. The van der Waals surface area contributed by atoms with E-state index in [1.54, 1.807) is 0 Å². The SMILES string of the molecule is CC(C)CN(CC(C)C)C(=S)SCC(=O)Nc1ccccc1. The maximum Gasteiger partial charge on any atom is 0.234 e. The zero-order valence-corrected chi connectivity index (χ0v) is 15.5. The monoisotopic (exact) mass is 338 g/mol. The van der Waals surface area contributed by atoms with Gasteiger partial charge in [0.05, 0.1) is 5.75 Å². The van der Waals surface area contributed by atoms with Gasteiger partial charge < -0.3 is 10.2 Å². The molecule has 1 rings (SSSR count). The number of hydrogen-bond acceptors (Lipinski definition) is 3. The van der Waals surface area contributed by atoms with E-state index in [0.29, 0.717) is 17.6 Å². The Labute approximate surface area is 143 Å². The molecule has 0 saturated heterocycles. The molecule has 0 aliphatic rings.